The minimum atomic E-state index is -0.870. The van der Waals surface area contributed by atoms with Crippen LogP contribution in [-0.2, 0) is 15.0 Å². The van der Waals surface area contributed by atoms with Gasteiger partial charge < -0.3 is 16.0 Å². The van der Waals surface area contributed by atoms with Gasteiger partial charge in [-0.25, -0.2) is 9.97 Å². The fourth-order valence-corrected chi connectivity index (χ4v) is 5.33. The van der Waals surface area contributed by atoms with Crippen molar-refractivity contribution in [3.63, 3.8) is 0 Å². The Bertz CT molecular complexity index is 1100. The van der Waals surface area contributed by atoms with Gasteiger partial charge in [0.2, 0.25) is 11.8 Å². The molecule has 3 N–H and O–H groups in total. The molecule has 2 aromatic rings. The lowest BCUT2D eigenvalue weighted by atomic mass is 9.79. The summed E-state index contributed by atoms with van der Waals surface area (Å²) in [4.78, 5) is 35.7. The van der Waals surface area contributed by atoms with Crippen molar-refractivity contribution < 1.29 is 9.59 Å². The second-order valence-electron chi connectivity index (χ2n) is 9.17. The first-order valence-corrected chi connectivity index (χ1v) is 11.2. The summed E-state index contributed by atoms with van der Waals surface area (Å²) >= 11 is 0. The summed E-state index contributed by atoms with van der Waals surface area (Å²) in [5, 5.41) is 12.9. The van der Waals surface area contributed by atoms with Gasteiger partial charge in [-0.1, -0.05) is 18.9 Å². The molecule has 0 radical (unpaired) electrons. The Morgan fingerprint density at radius 2 is 1.94 bits per heavy atom. The third kappa shape index (κ3) is 3.20. The first-order chi connectivity index (χ1) is 15.5. The van der Waals surface area contributed by atoms with E-state index < -0.39 is 10.8 Å². The third-order valence-electron chi connectivity index (χ3n) is 7.39. The average Bonchev–Trinajstić information content (AvgIpc) is 3.42. The number of aromatic nitrogens is 2. The summed E-state index contributed by atoms with van der Waals surface area (Å²) in [5.74, 6) is 0.947. The fourth-order valence-electron chi connectivity index (χ4n) is 5.33. The van der Waals surface area contributed by atoms with Gasteiger partial charge in [-0.05, 0) is 55.7 Å². The van der Waals surface area contributed by atoms with Gasteiger partial charge in [0, 0.05) is 30.7 Å². The van der Waals surface area contributed by atoms with Crippen molar-refractivity contribution in [2.45, 2.75) is 50.4 Å². The number of nitrogens with two attached hydrogens (primary N) is 1. The molecule has 1 aliphatic heterocycles. The number of hydrogen-bond acceptors (Lipinski definition) is 6. The van der Waals surface area contributed by atoms with Crippen LogP contribution < -0.4 is 16.0 Å². The lowest BCUT2D eigenvalue weighted by Gasteiger charge is -2.25. The number of hydrogen-bond donors (Lipinski definition) is 2. The van der Waals surface area contributed by atoms with Crippen molar-refractivity contribution in [2.24, 2.45) is 17.1 Å². The molecule has 3 aliphatic rings. The van der Waals surface area contributed by atoms with Crippen LogP contribution >= 0.6 is 0 Å². The third-order valence-corrected chi connectivity index (χ3v) is 7.39. The van der Waals surface area contributed by atoms with Gasteiger partial charge in [0.1, 0.15) is 17.1 Å². The smallest absolute Gasteiger partial charge is 0.247 e. The van der Waals surface area contributed by atoms with Crippen molar-refractivity contribution in [3.05, 3.63) is 42.2 Å². The quantitative estimate of drug-likeness (QED) is 0.725. The minimum Gasteiger partial charge on any atom is -0.369 e. The number of nitriles is 1. The number of nitrogens with one attached hydrogen (secondary N) is 1. The van der Waals surface area contributed by atoms with E-state index in [1.54, 1.807) is 29.4 Å². The molecule has 1 atom stereocenters. The number of carbonyl (C=O) groups excluding carboxylic acids is 2. The van der Waals surface area contributed by atoms with Gasteiger partial charge >= 0.3 is 0 Å². The van der Waals surface area contributed by atoms with Gasteiger partial charge in [0.25, 0.3) is 0 Å². The van der Waals surface area contributed by atoms with Crippen LogP contribution in [0.2, 0.25) is 0 Å². The minimum absolute atomic E-state index is 0.101. The second-order valence-corrected chi connectivity index (χ2v) is 9.17. The molecule has 3 fully saturated rings. The van der Waals surface area contributed by atoms with Crippen molar-refractivity contribution >= 4 is 29.1 Å². The van der Waals surface area contributed by atoms with Crippen LogP contribution in [0.3, 0.4) is 0 Å². The summed E-state index contributed by atoms with van der Waals surface area (Å²) in [7, 11) is 0. The predicted molar refractivity (Wildman–Crippen MR) is 119 cm³/mol. The standard InChI is InChI=1S/C24H26N6O2/c25-15-24(16-3-4-16)10-12-30(22(24)32)18-7-11-27-20(13-18)29-19-6-5-17(14-28-19)23(21(26)31)8-1-2-9-23/h5-7,11,13-14,16H,1-4,8-10,12H2,(H2,26,31)(H,27,28,29)/t24-/m1/s1. The Kier molecular flexibility index (Phi) is 4.85. The Labute approximate surface area is 186 Å². The first kappa shape index (κ1) is 20.4. The highest BCUT2D eigenvalue weighted by atomic mass is 16.2. The lowest BCUT2D eigenvalue weighted by molar-refractivity contribution is -0.124. The highest BCUT2D eigenvalue weighted by Crippen LogP contribution is 2.52. The van der Waals surface area contributed by atoms with E-state index in [9.17, 15) is 14.9 Å². The average molecular weight is 431 g/mol. The second kappa shape index (κ2) is 7.59. The van der Waals surface area contributed by atoms with E-state index in [0.29, 0.717) is 24.6 Å². The molecule has 2 amide bonds. The maximum Gasteiger partial charge on any atom is 0.247 e. The van der Waals surface area contributed by atoms with E-state index in [1.807, 2.05) is 12.1 Å². The highest BCUT2D eigenvalue weighted by Gasteiger charge is 2.56. The van der Waals surface area contributed by atoms with Gasteiger partial charge in [0.15, 0.2) is 0 Å². The summed E-state index contributed by atoms with van der Waals surface area (Å²) < 4.78 is 0. The molecule has 2 saturated carbocycles. The van der Waals surface area contributed by atoms with E-state index in [1.165, 1.54) is 0 Å². The monoisotopic (exact) mass is 430 g/mol. The number of rotatable bonds is 6. The number of carbonyl (C=O) groups is 2. The van der Waals surface area contributed by atoms with E-state index >= 15 is 0 Å². The molecule has 0 unspecified atom stereocenters. The predicted octanol–water partition coefficient (Wildman–Crippen LogP) is 3.17. The Balaban J connectivity index is 1.33. The van der Waals surface area contributed by atoms with Crippen molar-refractivity contribution in [1.82, 2.24) is 9.97 Å². The molecule has 2 aliphatic carbocycles. The molecule has 0 bridgehead atoms. The molecule has 0 spiro atoms. The zero-order chi connectivity index (χ0) is 22.3. The number of anilines is 3. The van der Waals surface area contributed by atoms with Crippen molar-refractivity contribution in [3.8, 4) is 6.07 Å². The fraction of sp³-hybridized carbons (Fsp3) is 0.458. The SMILES string of the molecule is N#C[C@@]1(C2CC2)CCN(c2ccnc(Nc3ccc(C4(C(N)=O)CCCC4)cn3)c2)C1=O. The lowest BCUT2D eigenvalue weighted by Crippen LogP contribution is -2.38. The largest absolute Gasteiger partial charge is 0.369 e. The summed E-state index contributed by atoms with van der Waals surface area (Å²) in [6.45, 7) is 0.536. The van der Waals surface area contributed by atoms with Crippen LogP contribution in [0.4, 0.5) is 17.3 Å². The van der Waals surface area contributed by atoms with Gasteiger partial charge in [-0.3, -0.25) is 9.59 Å². The van der Waals surface area contributed by atoms with E-state index in [2.05, 4.69) is 21.4 Å². The molecule has 3 heterocycles. The normalized spacial score (nSPS) is 24.3. The Morgan fingerprint density at radius 3 is 2.56 bits per heavy atom. The molecular formula is C24H26N6O2. The van der Waals surface area contributed by atoms with Gasteiger partial charge in [-0.15, -0.1) is 0 Å². The molecular weight excluding hydrogens is 404 g/mol. The summed E-state index contributed by atoms with van der Waals surface area (Å²) in [6, 6.07) is 9.63. The Morgan fingerprint density at radius 1 is 1.16 bits per heavy atom. The number of amides is 2. The summed E-state index contributed by atoms with van der Waals surface area (Å²) in [6.07, 6.45) is 9.33. The van der Waals surface area contributed by atoms with Crippen molar-refractivity contribution in [1.29, 1.82) is 5.26 Å². The van der Waals surface area contributed by atoms with Gasteiger partial charge in [0.05, 0.1) is 11.5 Å². The van der Waals surface area contributed by atoms with Crippen molar-refractivity contribution in [2.75, 3.05) is 16.8 Å². The maximum absolute atomic E-state index is 13.1. The van der Waals surface area contributed by atoms with Crippen LogP contribution in [0.25, 0.3) is 0 Å². The maximum atomic E-state index is 13.1. The molecule has 2 aromatic heterocycles. The van der Waals surface area contributed by atoms with E-state index in [0.717, 1.165) is 49.8 Å². The zero-order valence-electron chi connectivity index (χ0n) is 17.9. The first-order valence-electron chi connectivity index (χ1n) is 11.2. The van der Waals surface area contributed by atoms with Crippen LogP contribution in [0.5, 0.6) is 0 Å². The van der Waals surface area contributed by atoms with E-state index in [-0.39, 0.29) is 17.7 Å². The highest BCUT2D eigenvalue weighted by molar-refractivity contribution is 6.02. The number of primary amides is 1. The summed E-state index contributed by atoms with van der Waals surface area (Å²) in [5.41, 5.74) is 5.81. The Hall–Kier alpha value is -3.47. The van der Waals surface area contributed by atoms with Crippen LogP contribution in [-0.4, -0.2) is 28.3 Å². The zero-order valence-corrected chi connectivity index (χ0v) is 17.9. The van der Waals surface area contributed by atoms with E-state index in [4.69, 9.17) is 5.73 Å². The molecule has 5 rings (SSSR count). The van der Waals surface area contributed by atoms with Crippen LogP contribution in [0.1, 0.15) is 50.5 Å². The van der Waals surface area contributed by atoms with Crippen LogP contribution in [0.15, 0.2) is 36.7 Å². The molecule has 164 valence electrons. The molecule has 1 saturated heterocycles. The van der Waals surface area contributed by atoms with Crippen LogP contribution in [0, 0.1) is 22.7 Å². The number of pyridine rings is 2. The topological polar surface area (TPSA) is 125 Å². The molecule has 0 aromatic carbocycles. The molecule has 32 heavy (non-hydrogen) atoms. The molecule has 8 nitrogen and oxygen atoms in total. The molecule has 8 heteroatoms. The number of nitrogens with zero attached hydrogens (tertiary/aromatic N) is 4. The van der Waals surface area contributed by atoms with Gasteiger partial charge in [-0.2, -0.15) is 5.26 Å².